The van der Waals surface area contributed by atoms with Gasteiger partial charge < -0.3 is 15.8 Å². The van der Waals surface area contributed by atoms with Crippen LogP contribution in [0.5, 0.6) is 5.75 Å². The van der Waals surface area contributed by atoms with E-state index in [1.165, 1.54) is 5.56 Å². The minimum atomic E-state index is 0.363. The van der Waals surface area contributed by atoms with Gasteiger partial charge in [-0.2, -0.15) is 0 Å². The van der Waals surface area contributed by atoms with Gasteiger partial charge in [0.25, 0.3) is 0 Å². The Balaban J connectivity index is 2.43. The van der Waals surface area contributed by atoms with Crippen LogP contribution in [0.25, 0.3) is 0 Å². The zero-order valence-corrected chi connectivity index (χ0v) is 10.9. The van der Waals surface area contributed by atoms with E-state index < -0.39 is 0 Å². The number of hydrogen-bond donors (Lipinski definition) is 2. The SMILES string of the molecule is CCCOc1ccc(C(C)NCCCN)cc1. The first-order valence-corrected chi connectivity index (χ1v) is 6.44. The number of nitrogens with one attached hydrogen (secondary N) is 1. The quantitative estimate of drug-likeness (QED) is 0.682. The van der Waals surface area contributed by atoms with Crippen molar-refractivity contribution in [2.45, 2.75) is 32.7 Å². The van der Waals surface area contributed by atoms with Crippen molar-refractivity contribution in [3.05, 3.63) is 29.8 Å². The minimum absolute atomic E-state index is 0.363. The maximum absolute atomic E-state index is 5.55. The lowest BCUT2D eigenvalue weighted by Gasteiger charge is -2.14. The van der Waals surface area contributed by atoms with E-state index in [0.717, 1.165) is 38.3 Å². The molecule has 0 aliphatic rings. The molecule has 1 aromatic rings. The van der Waals surface area contributed by atoms with Gasteiger partial charge in [-0.3, -0.25) is 0 Å². The average Bonchev–Trinajstić information content (AvgIpc) is 2.37. The molecule has 0 aromatic heterocycles. The lowest BCUT2D eigenvalue weighted by atomic mass is 10.1. The fourth-order valence-corrected chi connectivity index (χ4v) is 1.61. The fraction of sp³-hybridized carbons (Fsp3) is 0.571. The van der Waals surface area contributed by atoms with Crippen molar-refractivity contribution in [3.8, 4) is 5.75 Å². The van der Waals surface area contributed by atoms with Crippen LogP contribution in [0.3, 0.4) is 0 Å². The monoisotopic (exact) mass is 236 g/mol. The summed E-state index contributed by atoms with van der Waals surface area (Å²) in [6, 6.07) is 8.66. The summed E-state index contributed by atoms with van der Waals surface area (Å²) in [5.41, 5.74) is 6.75. The van der Waals surface area contributed by atoms with Gasteiger partial charge in [0.1, 0.15) is 5.75 Å². The van der Waals surface area contributed by atoms with Crippen molar-refractivity contribution in [2.75, 3.05) is 19.7 Å². The first-order chi connectivity index (χ1) is 8.27. The Hall–Kier alpha value is -1.06. The Bertz CT molecular complexity index is 298. The molecule has 17 heavy (non-hydrogen) atoms. The topological polar surface area (TPSA) is 47.3 Å². The third-order valence-electron chi connectivity index (χ3n) is 2.68. The summed E-state index contributed by atoms with van der Waals surface area (Å²) in [7, 11) is 0. The summed E-state index contributed by atoms with van der Waals surface area (Å²) in [5.74, 6) is 0.949. The van der Waals surface area contributed by atoms with Crippen LogP contribution in [-0.2, 0) is 0 Å². The number of benzene rings is 1. The summed E-state index contributed by atoms with van der Waals surface area (Å²) in [6.07, 6.45) is 2.06. The van der Waals surface area contributed by atoms with Crippen molar-refractivity contribution in [1.82, 2.24) is 5.32 Å². The van der Waals surface area contributed by atoms with Gasteiger partial charge in [-0.1, -0.05) is 19.1 Å². The lowest BCUT2D eigenvalue weighted by molar-refractivity contribution is 0.317. The number of ether oxygens (including phenoxy) is 1. The summed E-state index contributed by atoms with van der Waals surface area (Å²) < 4.78 is 5.55. The molecule has 0 radical (unpaired) electrons. The maximum Gasteiger partial charge on any atom is 0.119 e. The van der Waals surface area contributed by atoms with Crippen molar-refractivity contribution in [1.29, 1.82) is 0 Å². The highest BCUT2D eigenvalue weighted by molar-refractivity contribution is 5.28. The van der Waals surface area contributed by atoms with E-state index in [9.17, 15) is 0 Å². The normalized spacial score (nSPS) is 12.4. The maximum atomic E-state index is 5.55. The van der Waals surface area contributed by atoms with Crippen LogP contribution in [0.1, 0.15) is 38.3 Å². The van der Waals surface area contributed by atoms with Crippen molar-refractivity contribution >= 4 is 0 Å². The van der Waals surface area contributed by atoms with E-state index in [-0.39, 0.29) is 0 Å². The van der Waals surface area contributed by atoms with E-state index in [1.54, 1.807) is 0 Å². The highest BCUT2D eigenvalue weighted by Gasteiger charge is 2.04. The van der Waals surface area contributed by atoms with Crippen molar-refractivity contribution in [3.63, 3.8) is 0 Å². The Morgan fingerprint density at radius 3 is 2.59 bits per heavy atom. The average molecular weight is 236 g/mol. The van der Waals surface area contributed by atoms with Gasteiger partial charge in [0.15, 0.2) is 0 Å². The Labute approximate surface area is 104 Å². The van der Waals surface area contributed by atoms with E-state index in [4.69, 9.17) is 10.5 Å². The highest BCUT2D eigenvalue weighted by Crippen LogP contribution is 2.17. The fourth-order valence-electron chi connectivity index (χ4n) is 1.61. The van der Waals surface area contributed by atoms with Crippen LogP contribution in [0.15, 0.2) is 24.3 Å². The predicted octanol–water partition coefficient (Wildman–Crippen LogP) is 2.47. The summed E-state index contributed by atoms with van der Waals surface area (Å²) >= 11 is 0. The molecule has 1 atom stereocenters. The van der Waals surface area contributed by atoms with Gasteiger partial charge in [0, 0.05) is 6.04 Å². The van der Waals surface area contributed by atoms with Gasteiger partial charge in [0.2, 0.25) is 0 Å². The van der Waals surface area contributed by atoms with E-state index in [2.05, 4.69) is 31.3 Å². The molecule has 0 saturated carbocycles. The van der Waals surface area contributed by atoms with Gasteiger partial charge in [-0.15, -0.1) is 0 Å². The molecule has 0 heterocycles. The first kappa shape index (κ1) is 14.0. The van der Waals surface area contributed by atoms with E-state index in [0.29, 0.717) is 6.04 Å². The Kier molecular flexibility index (Phi) is 6.67. The summed E-state index contributed by atoms with van der Waals surface area (Å²) in [5, 5.41) is 3.44. The Morgan fingerprint density at radius 2 is 2.00 bits per heavy atom. The van der Waals surface area contributed by atoms with Gasteiger partial charge in [-0.25, -0.2) is 0 Å². The van der Waals surface area contributed by atoms with Crippen LogP contribution in [-0.4, -0.2) is 19.7 Å². The molecule has 96 valence electrons. The zero-order valence-electron chi connectivity index (χ0n) is 10.9. The molecule has 0 fully saturated rings. The highest BCUT2D eigenvalue weighted by atomic mass is 16.5. The number of hydrogen-bond acceptors (Lipinski definition) is 3. The van der Waals surface area contributed by atoms with E-state index >= 15 is 0 Å². The Morgan fingerprint density at radius 1 is 1.29 bits per heavy atom. The minimum Gasteiger partial charge on any atom is -0.494 e. The molecule has 1 unspecified atom stereocenters. The molecule has 0 bridgehead atoms. The van der Waals surface area contributed by atoms with Crippen LogP contribution in [0.2, 0.25) is 0 Å². The molecule has 1 rings (SSSR count). The molecule has 0 saturated heterocycles. The second kappa shape index (κ2) is 8.09. The third-order valence-corrected chi connectivity index (χ3v) is 2.68. The molecule has 0 aliphatic carbocycles. The molecule has 1 aromatic carbocycles. The van der Waals surface area contributed by atoms with Crippen LogP contribution >= 0.6 is 0 Å². The van der Waals surface area contributed by atoms with Gasteiger partial charge in [0.05, 0.1) is 6.61 Å². The largest absolute Gasteiger partial charge is 0.494 e. The molecule has 3 nitrogen and oxygen atoms in total. The molecule has 0 spiro atoms. The van der Waals surface area contributed by atoms with E-state index in [1.807, 2.05) is 12.1 Å². The lowest BCUT2D eigenvalue weighted by Crippen LogP contribution is -2.21. The van der Waals surface area contributed by atoms with Crippen LogP contribution in [0.4, 0.5) is 0 Å². The smallest absolute Gasteiger partial charge is 0.119 e. The second-order valence-corrected chi connectivity index (χ2v) is 4.24. The third kappa shape index (κ3) is 5.20. The van der Waals surface area contributed by atoms with Crippen LogP contribution in [0, 0.1) is 0 Å². The number of rotatable bonds is 8. The van der Waals surface area contributed by atoms with Gasteiger partial charge >= 0.3 is 0 Å². The molecular weight excluding hydrogens is 212 g/mol. The summed E-state index contributed by atoms with van der Waals surface area (Å²) in [4.78, 5) is 0. The van der Waals surface area contributed by atoms with Crippen molar-refractivity contribution in [2.24, 2.45) is 5.73 Å². The molecule has 3 N–H and O–H groups in total. The molecule has 3 heteroatoms. The summed E-state index contributed by atoms with van der Waals surface area (Å²) in [6.45, 7) is 6.76. The zero-order chi connectivity index (χ0) is 12.5. The predicted molar refractivity (Wildman–Crippen MR) is 72.3 cm³/mol. The molecule has 0 amide bonds. The standard InChI is InChI=1S/C14H24N2O/c1-3-11-17-14-7-5-13(6-8-14)12(2)16-10-4-9-15/h5-8,12,16H,3-4,9-11,15H2,1-2H3. The first-order valence-electron chi connectivity index (χ1n) is 6.44. The van der Waals surface area contributed by atoms with Gasteiger partial charge in [-0.05, 0) is 50.6 Å². The van der Waals surface area contributed by atoms with Crippen molar-refractivity contribution < 1.29 is 4.74 Å². The second-order valence-electron chi connectivity index (χ2n) is 4.24. The molecule has 0 aliphatic heterocycles. The molecular formula is C14H24N2O. The number of nitrogens with two attached hydrogens (primary N) is 1. The van der Waals surface area contributed by atoms with Crippen LogP contribution < -0.4 is 15.8 Å².